The van der Waals surface area contributed by atoms with Crippen LogP contribution in [-0.4, -0.2) is 0 Å². The summed E-state index contributed by atoms with van der Waals surface area (Å²) in [5.41, 5.74) is 14.8. The Morgan fingerprint density at radius 3 is 0.475 bits per heavy atom. The van der Waals surface area contributed by atoms with Gasteiger partial charge in [-0.2, -0.15) is 0 Å². The van der Waals surface area contributed by atoms with Crippen LogP contribution in [0.25, 0.3) is 22.3 Å². The van der Waals surface area contributed by atoms with E-state index in [-0.39, 0.29) is 0 Å². The number of rotatable bonds is 6. The minimum absolute atomic E-state index is 1.11. The number of hydrogen-bond donors (Lipinski definition) is 0. The van der Waals surface area contributed by atoms with Crippen LogP contribution in [0.3, 0.4) is 0 Å². The van der Waals surface area contributed by atoms with Gasteiger partial charge in [-0.1, -0.05) is 274 Å². The molecule has 0 radical (unpaired) electrons. The van der Waals surface area contributed by atoms with Crippen molar-refractivity contribution in [2.24, 2.45) is 0 Å². The molecule has 0 aliphatic heterocycles. The van der Waals surface area contributed by atoms with Crippen molar-refractivity contribution in [1.82, 2.24) is 0 Å². The van der Waals surface area contributed by atoms with Crippen LogP contribution in [0.5, 0.6) is 0 Å². The molecule has 7 aromatic rings. The Bertz CT molecular complexity index is 1630. The predicted octanol–water partition coefficient (Wildman–Crippen LogP) is 18.0. The zero-order valence-corrected chi connectivity index (χ0v) is 39.2. The highest BCUT2D eigenvalue weighted by Gasteiger charge is 1.99. The van der Waals surface area contributed by atoms with Crippen LogP contribution in [-0.2, 0) is 25.7 Å². The molecule has 0 fully saturated rings. The summed E-state index contributed by atoms with van der Waals surface area (Å²) in [6.07, 6.45) is 4.42. The van der Waals surface area contributed by atoms with E-state index in [1.54, 1.807) is 0 Å². The molecule has 0 amide bonds. The van der Waals surface area contributed by atoms with Crippen LogP contribution in [0, 0.1) is 20.8 Å². The lowest BCUT2D eigenvalue weighted by Gasteiger charge is -2.04. The monoisotopic (exact) mass is 787 g/mol. The summed E-state index contributed by atoms with van der Waals surface area (Å²) < 4.78 is 0. The minimum atomic E-state index is 1.11. The summed E-state index contributed by atoms with van der Waals surface area (Å²) in [4.78, 5) is 0. The van der Waals surface area contributed by atoms with Gasteiger partial charge in [-0.3, -0.25) is 0 Å². The van der Waals surface area contributed by atoms with E-state index in [0.717, 1.165) is 25.7 Å². The first-order valence-electron chi connectivity index (χ1n) is 22.3. The first kappa shape index (κ1) is 53.5. The Morgan fingerprint density at radius 2 is 0.373 bits per heavy atom. The lowest BCUT2D eigenvalue weighted by Crippen LogP contribution is -1.83. The van der Waals surface area contributed by atoms with Gasteiger partial charge in [0.1, 0.15) is 0 Å². The van der Waals surface area contributed by atoms with Gasteiger partial charge >= 0.3 is 0 Å². The Kier molecular flexibility index (Phi) is 32.4. The molecule has 0 heteroatoms. The summed E-state index contributed by atoms with van der Waals surface area (Å²) in [6.45, 7) is 27.0. The molecular formula is C59H78. The molecule has 0 spiro atoms. The highest BCUT2D eigenvalue weighted by Crippen LogP contribution is 2.22. The molecule has 0 saturated heterocycles. The number of benzene rings is 7. The van der Waals surface area contributed by atoms with E-state index in [4.69, 9.17) is 0 Å². The van der Waals surface area contributed by atoms with Crippen LogP contribution in [0.4, 0.5) is 0 Å². The molecule has 7 aromatic carbocycles. The summed E-state index contributed by atoms with van der Waals surface area (Å²) >= 11 is 0. The Labute approximate surface area is 363 Å². The molecule has 0 atom stereocenters. The number of hydrogen-bond acceptors (Lipinski definition) is 0. The highest BCUT2D eigenvalue weighted by atomic mass is 14.0. The summed E-state index contributed by atoms with van der Waals surface area (Å²) in [7, 11) is 0. The van der Waals surface area contributed by atoms with Gasteiger partial charge in [-0.25, -0.2) is 0 Å². The van der Waals surface area contributed by atoms with Crippen molar-refractivity contribution in [2.45, 2.75) is 116 Å². The molecule has 0 bridgehead atoms. The van der Waals surface area contributed by atoms with Crippen LogP contribution >= 0.6 is 0 Å². The quantitative estimate of drug-likeness (QED) is 0.157. The fourth-order valence-electron chi connectivity index (χ4n) is 5.33. The molecule has 0 saturated carbocycles. The second-order valence-corrected chi connectivity index (χ2v) is 13.2. The predicted molar refractivity (Wildman–Crippen MR) is 269 cm³/mol. The van der Waals surface area contributed by atoms with E-state index in [1.165, 1.54) is 61.2 Å². The van der Waals surface area contributed by atoms with Crippen LogP contribution in [0.1, 0.15) is 108 Å². The normalized spacial score (nSPS) is 9.03. The Balaban J connectivity index is 0.000000723. The van der Waals surface area contributed by atoms with E-state index in [0.29, 0.717) is 0 Å². The Hall–Kier alpha value is -5.46. The second kappa shape index (κ2) is 35.7. The van der Waals surface area contributed by atoms with E-state index < -0.39 is 0 Å². The molecule has 0 unspecified atom stereocenters. The first-order valence-corrected chi connectivity index (χ1v) is 22.3. The maximum Gasteiger partial charge on any atom is -0.0184 e. The fourth-order valence-corrected chi connectivity index (χ4v) is 5.33. The number of aryl methyl sites for hydroxylation is 7. The van der Waals surface area contributed by atoms with Crippen LogP contribution < -0.4 is 0 Å². The van der Waals surface area contributed by atoms with Gasteiger partial charge in [-0.05, 0) is 91.0 Å². The van der Waals surface area contributed by atoms with Gasteiger partial charge in [0.2, 0.25) is 0 Å². The van der Waals surface area contributed by atoms with Gasteiger partial charge in [0.15, 0.2) is 0 Å². The maximum absolute atomic E-state index is 2.21. The fraction of sp³-hybridized carbons (Fsp3) is 0.288. The van der Waals surface area contributed by atoms with E-state index in [1.807, 2.05) is 96.1 Å². The summed E-state index contributed by atoms with van der Waals surface area (Å²) in [6, 6.07) is 66.1. The third kappa shape index (κ3) is 24.2. The van der Waals surface area contributed by atoms with Crippen molar-refractivity contribution in [3.63, 3.8) is 0 Å². The molecule has 0 aliphatic carbocycles. The second-order valence-electron chi connectivity index (χ2n) is 13.2. The first-order chi connectivity index (χ1) is 28.8. The lowest BCUT2D eigenvalue weighted by atomic mass is 10.0. The molecular weight excluding hydrogens is 709 g/mol. The zero-order chi connectivity index (χ0) is 44.1. The molecule has 59 heavy (non-hydrogen) atoms. The van der Waals surface area contributed by atoms with E-state index in [2.05, 4.69) is 182 Å². The van der Waals surface area contributed by atoms with E-state index >= 15 is 0 Å². The topological polar surface area (TPSA) is 0 Å². The van der Waals surface area contributed by atoms with Crippen molar-refractivity contribution in [1.29, 1.82) is 0 Å². The van der Waals surface area contributed by atoms with Gasteiger partial charge in [0.05, 0.1) is 0 Å². The molecule has 0 N–H and O–H groups in total. The summed E-state index contributed by atoms with van der Waals surface area (Å²) in [5.74, 6) is 0. The third-order valence-electron chi connectivity index (χ3n) is 8.94. The largest absolute Gasteiger partial charge is 0.0683 e. The lowest BCUT2D eigenvalue weighted by molar-refractivity contribution is 1.14. The van der Waals surface area contributed by atoms with Crippen LogP contribution in [0.2, 0.25) is 0 Å². The standard InChI is InChI=1S/2C16H18.3C7H8.3C2H6/c2*1-3-13-5-9-15(10-6-13)16-11-7-14(4-2)8-12-16;3*1-7-5-3-2-4-6-7;3*1-2/h2*5-12H,3-4H2,1-2H3;3*2-6H,1H3;3*1-2H3. The molecule has 314 valence electrons. The van der Waals surface area contributed by atoms with Crippen molar-refractivity contribution in [3.05, 3.63) is 227 Å². The van der Waals surface area contributed by atoms with Crippen molar-refractivity contribution in [2.75, 3.05) is 0 Å². The maximum atomic E-state index is 2.21. The molecule has 0 aliphatic rings. The van der Waals surface area contributed by atoms with Gasteiger partial charge in [-0.15, -0.1) is 0 Å². The smallest absolute Gasteiger partial charge is 0.0184 e. The molecule has 7 rings (SSSR count). The Morgan fingerprint density at radius 1 is 0.220 bits per heavy atom. The van der Waals surface area contributed by atoms with E-state index in [9.17, 15) is 0 Å². The zero-order valence-electron chi connectivity index (χ0n) is 39.2. The van der Waals surface area contributed by atoms with Gasteiger partial charge in [0, 0.05) is 0 Å². The minimum Gasteiger partial charge on any atom is -0.0683 e. The van der Waals surface area contributed by atoms with Gasteiger partial charge in [0.25, 0.3) is 0 Å². The van der Waals surface area contributed by atoms with Gasteiger partial charge < -0.3 is 0 Å². The molecule has 0 aromatic heterocycles. The molecule has 0 heterocycles. The highest BCUT2D eigenvalue weighted by molar-refractivity contribution is 5.64. The average molecular weight is 787 g/mol. The summed E-state index contributed by atoms with van der Waals surface area (Å²) in [5, 5.41) is 0. The van der Waals surface area contributed by atoms with Crippen LogP contribution in [0.15, 0.2) is 188 Å². The average Bonchev–Trinajstić information content (AvgIpc) is 3.33. The third-order valence-corrected chi connectivity index (χ3v) is 8.94. The van der Waals surface area contributed by atoms with Crippen molar-refractivity contribution >= 4 is 0 Å². The SMILES string of the molecule is CC.CC.CC.CCc1ccc(-c2ccc(CC)cc2)cc1.CCc1ccc(-c2ccc(CC)cc2)cc1.Cc1ccccc1.Cc1ccccc1.Cc1ccccc1. The van der Waals surface area contributed by atoms with Crippen molar-refractivity contribution in [3.8, 4) is 22.3 Å². The van der Waals surface area contributed by atoms with Crippen molar-refractivity contribution < 1.29 is 0 Å². The molecule has 0 nitrogen and oxygen atoms in total.